The first-order chi connectivity index (χ1) is 16.7. The lowest BCUT2D eigenvalue weighted by atomic mass is 10.1. The normalized spacial score (nSPS) is 13.3. The summed E-state index contributed by atoms with van der Waals surface area (Å²) in [6, 6.07) is 19.3. The van der Waals surface area contributed by atoms with Gasteiger partial charge in [-0.15, -0.1) is 0 Å². The van der Waals surface area contributed by atoms with Crippen molar-refractivity contribution in [3.63, 3.8) is 0 Å². The largest absolute Gasteiger partial charge is 0.460 e. The highest BCUT2D eigenvalue weighted by molar-refractivity contribution is 7.89. The van der Waals surface area contributed by atoms with E-state index in [2.05, 4.69) is 0 Å². The maximum absolute atomic E-state index is 13.0. The van der Waals surface area contributed by atoms with Crippen LogP contribution in [0.15, 0.2) is 77.7 Å². The Morgan fingerprint density at radius 3 is 2.17 bits per heavy atom. The van der Waals surface area contributed by atoms with Gasteiger partial charge in [0, 0.05) is 13.6 Å². The van der Waals surface area contributed by atoms with Crippen molar-refractivity contribution in [3.05, 3.63) is 100 Å². The highest BCUT2D eigenvalue weighted by Gasteiger charge is 2.35. The van der Waals surface area contributed by atoms with E-state index in [-0.39, 0.29) is 35.2 Å². The number of hydrogen-bond donors (Lipinski definition) is 0. The van der Waals surface area contributed by atoms with Crippen LogP contribution >= 0.6 is 11.6 Å². The lowest BCUT2D eigenvalue weighted by Gasteiger charge is -2.18. The van der Waals surface area contributed by atoms with Gasteiger partial charge in [-0.2, -0.15) is 4.31 Å². The summed E-state index contributed by atoms with van der Waals surface area (Å²) in [6.45, 7) is -0.273. The van der Waals surface area contributed by atoms with Crippen LogP contribution in [-0.4, -0.2) is 55.6 Å². The molecule has 10 heteroatoms. The Morgan fingerprint density at radius 2 is 1.54 bits per heavy atom. The molecule has 0 saturated heterocycles. The highest BCUT2D eigenvalue weighted by atomic mass is 35.5. The van der Waals surface area contributed by atoms with Crippen LogP contribution in [0.1, 0.15) is 36.6 Å². The molecule has 0 N–H and O–H groups in total. The number of carbonyl (C=O) groups is 3. The summed E-state index contributed by atoms with van der Waals surface area (Å²) >= 11 is 6.14. The number of carbonyl (C=O) groups excluding carboxylic acids is 3. The van der Waals surface area contributed by atoms with E-state index in [9.17, 15) is 22.8 Å². The van der Waals surface area contributed by atoms with Crippen LogP contribution in [0.2, 0.25) is 5.02 Å². The Balaban J connectivity index is 1.43. The molecule has 0 spiro atoms. The van der Waals surface area contributed by atoms with Crippen molar-refractivity contribution in [2.45, 2.75) is 11.4 Å². The number of imide groups is 1. The van der Waals surface area contributed by atoms with Crippen LogP contribution < -0.4 is 0 Å². The Hall–Kier alpha value is -3.53. The van der Waals surface area contributed by atoms with Crippen LogP contribution in [0.25, 0.3) is 0 Å². The number of amides is 2. The van der Waals surface area contributed by atoms with Gasteiger partial charge in [-0.05, 0) is 35.9 Å². The SMILES string of the molecule is CN(Cc1ccccc1)S(=O)(=O)c1ccc(Cl)c(C(=O)OCCN2C(=O)c3ccccc3C2=O)c1. The first-order valence-electron chi connectivity index (χ1n) is 10.6. The maximum Gasteiger partial charge on any atom is 0.339 e. The molecule has 4 rings (SSSR count). The summed E-state index contributed by atoms with van der Waals surface area (Å²) in [4.78, 5) is 38.4. The van der Waals surface area contributed by atoms with Crippen molar-refractivity contribution < 1.29 is 27.5 Å². The third-order valence-corrected chi connectivity index (χ3v) is 7.67. The average molecular weight is 513 g/mol. The van der Waals surface area contributed by atoms with Crippen molar-refractivity contribution in [1.82, 2.24) is 9.21 Å². The lowest BCUT2D eigenvalue weighted by Crippen LogP contribution is -2.33. The second kappa shape index (κ2) is 9.99. The zero-order chi connectivity index (χ0) is 25.2. The van der Waals surface area contributed by atoms with E-state index in [0.29, 0.717) is 11.1 Å². The molecule has 1 aliphatic rings. The predicted molar refractivity (Wildman–Crippen MR) is 129 cm³/mol. The number of halogens is 1. The second-order valence-electron chi connectivity index (χ2n) is 7.83. The van der Waals surface area contributed by atoms with Gasteiger partial charge in [0.2, 0.25) is 10.0 Å². The summed E-state index contributed by atoms with van der Waals surface area (Å²) in [5.41, 5.74) is 1.26. The van der Waals surface area contributed by atoms with Crippen LogP contribution in [-0.2, 0) is 21.3 Å². The van der Waals surface area contributed by atoms with Gasteiger partial charge in [-0.1, -0.05) is 54.1 Å². The zero-order valence-corrected chi connectivity index (χ0v) is 20.3. The molecule has 1 aliphatic heterocycles. The van der Waals surface area contributed by atoms with Gasteiger partial charge in [-0.25, -0.2) is 13.2 Å². The minimum absolute atomic E-state index is 0.0143. The van der Waals surface area contributed by atoms with Gasteiger partial charge in [0.25, 0.3) is 11.8 Å². The smallest absolute Gasteiger partial charge is 0.339 e. The molecule has 1 heterocycles. The summed E-state index contributed by atoms with van der Waals surface area (Å²) < 4.78 is 32.5. The summed E-state index contributed by atoms with van der Waals surface area (Å²) in [5, 5.41) is 0.0143. The Labute approximate surface area is 207 Å². The summed E-state index contributed by atoms with van der Waals surface area (Å²) in [7, 11) is -2.48. The third kappa shape index (κ3) is 4.97. The second-order valence-corrected chi connectivity index (χ2v) is 10.3. The van der Waals surface area contributed by atoms with Gasteiger partial charge in [0.15, 0.2) is 0 Å². The van der Waals surface area contributed by atoms with Gasteiger partial charge in [0.1, 0.15) is 6.61 Å². The third-order valence-electron chi connectivity index (χ3n) is 5.54. The number of hydrogen-bond acceptors (Lipinski definition) is 6. The molecular weight excluding hydrogens is 492 g/mol. The molecule has 0 radical (unpaired) electrons. The standard InChI is InChI=1S/C25H21ClN2O6S/c1-27(16-17-7-3-2-4-8-17)35(32,33)18-11-12-22(26)21(15-18)25(31)34-14-13-28-23(29)19-9-5-6-10-20(19)24(28)30/h2-12,15H,13-14,16H2,1H3. The van der Waals surface area contributed by atoms with Gasteiger partial charge in [0.05, 0.1) is 33.2 Å². The zero-order valence-electron chi connectivity index (χ0n) is 18.7. The molecule has 180 valence electrons. The molecule has 3 aromatic rings. The minimum atomic E-state index is -3.92. The lowest BCUT2D eigenvalue weighted by molar-refractivity contribution is 0.0420. The quantitative estimate of drug-likeness (QED) is 0.337. The number of esters is 1. The van der Waals surface area contributed by atoms with Gasteiger partial charge < -0.3 is 4.74 Å². The monoisotopic (exact) mass is 512 g/mol. The van der Waals surface area contributed by atoms with Crippen molar-refractivity contribution in [2.75, 3.05) is 20.2 Å². The average Bonchev–Trinajstić information content (AvgIpc) is 3.09. The van der Waals surface area contributed by atoms with Crippen molar-refractivity contribution in [2.24, 2.45) is 0 Å². The molecule has 0 unspecified atom stereocenters. The predicted octanol–water partition coefficient (Wildman–Crippen LogP) is 3.61. The van der Waals surface area contributed by atoms with Crippen molar-refractivity contribution in [3.8, 4) is 0 Å². The number of nitrogens with zero attached hydrogens (tertiary/aromatic N) is 2. The molecule has 35 heavy (non-hydrogen) atoms. The molecule has 0 bridgehead atoms. The van der Waals surface area contributed by atoms with E-state index in [4.69, 9.17) is 16.3 Å². The topological polar surface area (TPSA) is 101 Å². The summed E-state index contributed by atoms with van der Waals surface area (Å²) in [5.74, 6) is -1.79. The molecule has 0 atom stereocenters. The number of ether oxygens (including phenoxy) is 1. The molecule has 3 aromatic carbocycles. The fourth-order valence-corrected chi connectivity index (χ4v) is 5.06. The van der Waals surface area contributed by atoms with Crippen LogP contribution in [0.4, 0.5) is 0 Å². The van der Waals surface area contributed by atoms with E-state index >= 15 is 0 Å². The first-order valence-corrected chi connectivity index (χ1v) is 12.4. The Bertz CT molecular complexity index is 1370. The van der Waals surface area contributed by atoms with Crippen LogP contribution in [0.3, 0.4) is 0 Å². The number of rotatable bonds is 8. The maximum atomic E-state index is 13.0. The van der Waals surface area contributed by atoms with Gasteiger partial charge >= 0.3 is 5.97 Å². The van der Waals surface area contributed by atoms with E-state index in [0.717, 1.165) is 16.5 Å². The molecule has 0 saturated carbocycles. The fraction of sp³-hybridized carbons (Fsp3) is 0.160. The van der Waals surface area contributed by atoms with Crippen molar-refractivity contribution in [1.29, 1.82) is 0 Å². The van der Waals surface area contributed by atoms with E-state index in [1.807, 2.05) is 30.3 Å². The fourth-order valence-electron chi connectivity index (χ4n) is 3.68. The first kappa shape index (κ1) is 24.6. The molecule has 2 amide bonds. The van der Waals surface area contributed by atoms with E-state index in [1.54, 1.807) is 24.3 Å². The molecule has 0 aliphatic carbocycles. The number of benzene rings is 3. The molecular formula is C25H21ClN2O6S. The molecule has 0 aromatic heterocycles. The molecule has 0 fully saturated rings. The Morgan fingerprint density at radius 1 is 0.943 bits per heavy atom. The van der Waals surface area contributed by atoms with E-state index in [1.165, 1.54) is 23.5 Å². The van der Waals surface area contributed by atoms with Gasteiger partial charge in [-0.3, -0.25) is 14.5 Å². The van der Waals surface area contributed by atoms with Crippen LogP contribution in [0, 0.1) is 0 Å². The van der Waals surface area contributed by atoms with E-state index < -0.39 is 27.8 Å². The summed E-state index contributed by atoms with van der Waals surface area (Å²) in [6.07, 6.45) is 0. The highest BCUT2D eigenvalue weighted by Crippen LogP contribution is 2.25. The minimum Gasteiger partial charge on any atom is -0.460 e. The number of sulfonamides is 1. The van der Waals surface area contributed by atoms with Crippen LogP contribution in [0.5, 0.6) is 0 Å². The van der Waals surface area contributed by atoms with Crippen molar-refractivity contribution >= 4 is 39.4 Å². The molecule has 8 nitrogen and oxygen atoms in total. The number of fused-ring (bicyclic) bond motifs is 1. The Kier molecular flexibility index (Phi) is 7.02.